The van der Waals surface area contributed by atoms with Gasteiger partial charge in [0, 0.05) is 49.7 Å². The second kappa shape index (κ2) is 9.24. The van der Waals surface area contributed by atoms with Gasteiger partial charge in [-0.25, -0.2) is 9.50 Å². The highest BCUT2D eigenvalue weighted by Crippen LogP contribution is 2.29. The average molecular weight is 460 g/mol. The number of rotatable bonds is 5. The lowest BCUT2D eigenvalue weighted by Crippen LogP contribution is -2.44. The zero-order valence-electron chi connectivity index (χ0n) is 18.6. The highest BCUT2D eigenvalue weighted by molar-refractivity contribution is 6.30. The van der Waals surface area contributed by atoms with E-state index in [0.29, 0.717) is 18.1 Å². The minimum Gasteiger partial charge on any atom is -0.354 e. The topological polar surface area (TPSA) is 53.7 Å². The van der Waals surface area contributed by atoms with Crippen LogP contribution in [0.25, 0.3) is 16.8 Å². The first-order chi connectivity index (χ1) is 16.1. The normalized spacial score (nSPS) is 16.2. The van der Waals surface area contributed by atoms with E-state index in [9.17, 15) is 4.79 Å². The third-order valence-electron chi connectivity index (χ3n) is 6.20. The van der Waals surface area contributed by atoms with Gasteiger partial charge in [0.25, 0.3) is 0 Å². The largest absolute Gasteiger partial charge is 0.354 e. The first-order valence-electron chi connectivity index (χ1n) is 11.2. The van der Waals surface area contributed by atoms with E-state index >= 15 is 0 Å². The molecular formula is C26H26ClN5O. The van der Waals surface area contributed by atoms with Crippen molar-refractivity contribution >= 4 is 28.8 Å². The van der Waals surface area contributed by atoms with Gasteiger partial charge in [-0.2, -0.15) is 5.10 Å². The molecule has 0 aliphatic carbocycles. The third kappa shape index (κ3) is 4.57. The van der Waals surface area contributed by atoms with Gasteiger partial charge in [-0.3, -0.25) is 4.79 Å². The first kappa shape index (κ1) is 21.5. The summed E-state index contributed by atoms with van der Waals surface area (Å²) in [5, 5.41) is 5.41. The zero-order valence-corrected chi connectivity index (χ0v) is 19.3. The predicted molar refractivity (Wildman–Crippen MR) is 131 cm³/mol. The Hall–Kier alpha value is -3.38. The summed E-state index contributed by atoms with van der Waals surface area (Å²) in [5.41, 5.74) is 3.88. The van der Waals surface area contributed by atoms with Crippen LogP contribution in [0.15, 0.2) is 73.1 Å². The fourth-order valence-corrected chi connectivity index (χ4v) is 4.75. The van der Waals surface area contributed by atoms with Crippen LogP contribution in [0.5, 0.6) is 0 Å². The quantitative estimate of drug-likeness (QED) is 0.425. The van der Waals surface area contributed by atoms with Gasteiger partial charge >= 0.3 is 0 Å². The van der Waals surface area contributed by atoms with E-state index in [4.69, 9.17) is 16.7 Å². The molecule has 0 N–H and O–H groups in total. The van der Waals surface area contributed by atoms with Crippen LogP contribution in [0.1, 0.15) is 18.4 Å². The lowest BCUT2D eigenvalue weighted by Gasteiger charge is -2.34. The smallest absolute Gasteiger partial charge is 0.227 e. The van der Waals surface area contributed by atoms with Gasteiger partial charge in [0.05, 0.1) is 11.6 Å². The highest BCUT2D eigenvalue weighted by atomic mass is 35.5. The van der Waals surface area contributed by atoms with Crippen LogP contribution in [0, 0.1) is 5.92 Å². The molecule has 0 spiro atoms. The Morgan fingerprint density at radius 1 is 1.15 bits per heavy atom. The van der Waals surface area contributed by atoms with Gasteiger partial charge in [-0.1, -0.05) is 54.1 Å². The Bertz CT molecular complexity index is 1270. The number of fused-ring (bicyclic) bond motifs is 1. The lowest BCUT2D eigenvalue weighted by molar-refractivity contribution is -0.135. The monoisotopic (exact) mass is 459 g/mol. The van der Waals surface area contributed by atoms with Gasteiger partial charge in [0.1, 0.15) is 5.52 Å². The molecule has 0 bridgehead atoms. The van der Waals surface area contributed by atoms with Crippen LogP contribution >= 0.6 is 11.6 Å². The molecule has 1 saturated heterocycles. The summed E-state index contributed by atoms with van der Waals surface area (Å²) in [6.45, 7) is 2.15. The number of piperidine rings is 1. The number of anilines is 1. The number of benzene rings is 2. The van der Waals surface area contributed by atoms with Crippen LogP contribution < -0.4 is 4.90 Å². The molecular weight excluding hydrogens is 434 g/mol. The minimum absolute atomic E-state index is 0.0511. The van der Waals surface area contributed by atoms with Crippen molar-refractivity contribution in [3.05, 3.63) is 83.6 Å². The molecule has 6 nitrogen and oxygen atoms in total. The van der Waals surface area contributed by atoms with Gasteiger partial charge < -0.3 is 9.80 Å². The fraction of sp³-hybridized carbons (Fsp3) is 0.269. The average Bonchev–Trinajstić information content (AvgIpc) is 3.29. The third-order valence-corrected chi connectivity index (χ3v) is 6.43. The Kier molecular flexibility index (Phi) is 6.01. The first-order valence-corrected chi connectivity index (χ1v) is 11.6. The summed E-state index contributed by atoms with van der Waals surface area (Å²) in [5.74, 6) is 0.995. The van der Waals surface area contributed by atoms with Crippen LogP contribution in [-0.2, 0) is 11.3 Å². The number of halogens is 1. The SMILES string of the molecule is CN(Cc1ccccc1)C(=O)C1CCCN(c2nccn3nc(-c4cccc(Cl)c4)cc23)C1. The number of hydrogen-bond donors (Lipinski definition) is 0. The Balaban J connectivity index is 1.37. The number of aromatic nitrogens is 3. The number of hydrogen-bond acceptors (Lipinski definition) is 4. The molecule has 0 radical (unpaired) electrons. The molecule has 7 heteroatoms. The molecule has 5 rings (SSSR count). The summed E-state index contributed by atoms with van der Waals surface area (Å²) < 4.78 is 1.85. The maximum absolute atomic E-state index is 13.2. The minimum atomic E-state index is -0.0511. The van der Waals surface area contributed by atoms with Gasteiger partial charge in [-0.15, -0.1) is 0 Å². The van der Waals surface area contributed by atoms with Crippen molar-refractivity contribution in [2.45, 2.75) is 19.4 Å². The molecule has 1 unspecified atom stereocenters. The molecule has 0 saturated carbocycles. The van der Waals surface area contributed by atoms with E-state index in [2.05, 4.69) is 22.0 Å². The summed E-state index contributed by atoms with van der Waals surface area (Å²) >= 11 is 6.18. The van der Waals surface area contributed by atoms with E-state index in [-0.39, 0.29) is 11.8 Å². The van der Waals surface area contributed by atoms with E-state index in [1.807, 2.05) is 71.2 Å². The zero-order chi connectivity index (χ0) is 22.8. The second-order valence-electron chi connectivity index (χ2n) is 8.59. The van der Waals surface area contributed by atoms with E-state index in [1.54, 1.807) is 6.20 Å². The molecule has 1 aliphatic heterocycles. The number of nitrogens with zero attached hydrogens (tertiary/aromatic N) is 5. The predicted octanol–water partition coefficient (Wildman–Crippen LogP) is 4.92. The molecule has 3 heterocycles. The molecule has 1 fully saturated rings. The Morgan fingerprint density at radius 2 is 2.00 bits per heavy atom. The van der Waals surface area contributed by atoms with Crippen LogP contribution in [0.2, 0.25) is 5.02 Å². The Labute approximate surface area is 198 Å². The number of amides is 1. The second-order valence-corrected chi connectivity index (χ2v) is 9.02. The summed E-state index contributed by atoms with van der Waals surface area (Å²) in [7, 11) is 1.89. The molecule has 168 valence electrons. The fourth-order valence-electron chi connectivity index (χ4n) is 4.56. The van der Waals surface area contributed by atoms with Crippen molar-refractivity contribution in [3.8, 4) is 11.3 Å². The van der Waals surface area contributed by atoms with Gasteiger partial charge in [0.15, 0.2) is 5.82 Å². The number of carbonyl (C=O) groups is 1. The maximum atomic E-state index is 13.2. The van der Waals surface area contributed by atoms with E-state index in [0.717, 1.165) is 47.5 Å². The Morgan fingerprint density at radius 3 is 2.82 bits per heavy atom. The standard InChI is InChI=1S/C26H26ClN5O/c1-30(17-19-7-3-2-4-8-19)26(33)21-10-6-13-31(18-21)25-24-16-23(29-32(24)14-12-28-25)20-9-5-11-22(27)15-20/h2-5,7-9,11-12,14-16,21H,6,10,13,17-18H2,1H3. The molecule has 1 aliphatic rings. The molecule has 2 aromatic heterocycles. The van der Waals surface area contributed by atoms with Crippen LogP contribution in [0.4, 0.5) is 5.82 Å². The maximum Gasteiger partial charge on any atom is 0.227 e. The molecule has 33 heavy (non-hydrogen) atoms. The molecule has 1 atom stereocenters. The van der Waals surface area contributed by atoms with Crippen molar-refractivity contribution < 1.29 is 4.79 Å². The van der Waals surface area contributed by atoms with Gasteiger partial charge in [0.2, 0.25) is 5.91 Å². The summed E-state index contributed by atoms with van der Waals surface area (Å²) in [6.07, 6.45) is 5.47. The van der Waals surface area contributed by atoms with Crippen molar-refractivity contribution in [2.24, 2.45) is 5.92 Å². The van der Waals surface area contributed by atoms with E-state index < -0.39 is 0 Å². The van der Waals surface area contributed by atoms with Crippen molar-refractivity contribution in [1.82, 2.24) is 19.5 Å². The molecule has 2 aromatic carbocycles. The summed E-state index contributed by atoms with van der Waals surface area (Å²) in [4.78, 5) is 22.0. The van der Waals surface area contributed by atoms with Crippen molar-refractivity contribution in [2.75, 3.05) is 25.0 Å². The molecule has 4 aromatic rings. The van der Waals surface area contributed by atoms with Gasteiger partial charge in [-0.05, 0) is 36.6 Å². The highest BCUT2D eigenvalue weighted by Gasteiger charge is 2.29. The van der Waals surface area contributed by atoms with Crippen molar-refractivity contribution in [1.29, 1.82) is 0 Å². The van der Waals surface area contributed by atoms with E-state index in [1.165, 1.54) is 0 Å². The molecule has 1 amide bonds. The number of carbonyl (C=O) groups excluding carboxylic acids is 1. The summed E-state index contributed by atoms with van der Waals surface area (Å²) in [6, 6.07) is 19.8. The van der Waals surface area contributed by atoms with Crippen molar-refractivity contribution in [3.63, 3.8) is 0 Å². The van der Waals surface area contributed by atoms with Crippen LogP contribution in [0.3, 0.4) is 0 Å². The lowest BCUT2D eigenvalue weighted by atomic mass is 9.96. The van der Waals surface area contributed by atoms with Crippen LogP contribution in [-0.4, -0.2) is 45.5 Å².